The summed E-state index contributed by atoms with van der Waals surface area (Å²) in [5.41, 5.74) is 9.24. The van der Waals surface area contributed by atoms with Gasteiger partial charge < -0.3 is 20.9 Å². The van der Waals surface area contributed by atoms with Crippen LogP contribution in [0, 0.1) is 0 Å². The van der Waals surface area contributed by atoms with Gasteiger partial charge in [0.25, 0.3) is 5.56 Å². The maximum absolute atomic E-state index is 12.5. The number of aromatic amines is 1. The first-order valence-corrected chi connectivity index (χ1v) is 8.71. The largest absolute Gasteiger partial charge is 0.508 e. The van der Waals surface area contributed by atoms with Crippen molar-refractivity contribution in [3.8, 4) is 22.9 Å². The molecule has 1 aliphatic heterocycles. The SMILES string of the molecule is Nc1ccc(-c2nc3c(c(=O)[nH]2)CCN(Cc2ccc(O)cc2O)C3)cc1. The van der Waals surface area contributed by atoms with E-state index < -0.39 is 0 Å². The van der Waals surface area contributed by atoms with Gasteiger partial charge in [-0.3, -0.25) is 9.69 Å². The lowest BCUT2D eigenvalue weighted by Gasteiger charge is -2.28. The van der Waals surface area contributed by atoms with Crippen molar-refractivity contribution < 1.29 is 10.2 Å². The maximum atomic E-state index is 12.5. The van der Waals surface area contributed by atoms with E-state index in [0.717, 1.165) is 16.8 Å². The van der Waals surface area contributed by atoms with E-state index in [-0.39, 0.29) is 17.1 Å². The number of hydrogen-bond acceptors (Lipinski definition) is 6. The van der Waals surface area contributed by atoms with Gasteiger partial charge in [-0.15, -0.1) is 0 Å². The van der Waals surface area contributed by atoms with Crippen molar-refractivity contribution >= 4 is 5.69 Å². The van der Waals surface area contributed by atoms with Crippen molar-refractivity contribution in [1.82, 2.24) is 14.9 Å². The Hall–Kier alpha value is -3.32. The monoisotopic (exact) mass is 364 g/mol. The van der Waals surface area contributed by atoms with Crippen LogP contribution in [-0.2, 0) is 19.5 Å². The van der Waals surface area contributed by atoms with Crippen molar-refractivity contribution in [2.24, 2.45) is 0 Å². The Morgan fingerprint density at radius 2 is 1.93 bits per heavy atom. The van der Waals surface area contributed by atoms with Gasteiger partial charge in [0.2, 0.25) is 0 Å². The van der Waals surface area contributed by atoms with E-state index in [9.17, 15) is 15.0 Å². The van der Waals surface area contributed by atoms with E-state index in [4.69, 9.17) is 5.73 Å². The van der Waals surface area contributed by atoms with Crippen LogP contribution in [0.1, 0.15) is 16.8 Å². The second-order valence-electron chi connectivity index (χ2n) is 6.74. The van der Waals surface area contributed by atoms with Crippen LogP contribution in [0.25, 0.3) is 11.4 Å². The molecule has 0 unspecified atom stereocenters. The van der Waals surface area contributed by atoms with Crippen LogP contribution in [0.5, 0.6) is 11.5 Å². The lowest BCUT2D eigenvalue weighted by molar-refractivity contribution is 0.237. The standard InChI is InChI=1S/C20H20N4O3/c21-14-4-1-12(2-5-14)19-22-17-11-24(8-7-16(17)20(27)23-19)10-13-3-6-15(25)9-18(13)26/h1-6,9,25-26H,7-8,10-11,21H2,(H,22,23,27). The Balaban J connectivity index is 1.61. The number of phenolic OH excluding ortho intramolecular Hbond substituents is 2. The normalized spacial score (nSPS) is 14.1. The van der Waals surface area contributed by atoms with E-state index in [1.165, 1.54) is 6.07 Å². The van der Waals surface area contributed by atoms with Crippen molar-refractivity contribution in [3.63, 3.8) is 0 Å². The van der Waals surface area contributed by atoms with Gasteiger partial charge in [0.05, 0.1) is 5.69 Å². The molecule has 0 radical (unpaired) electrons. The van der Waals surface area contributed by atoms with E-state index in [0.29, 0.717) is 43.1 Å². The number of hydrogen-bond donors (Lipinski definition) is 4. The van der Waals surface area contributed by atoms with E-state index in [2.05, 4.69) is 14.9 Å². The fourth-order valence-electron chi connectivity index (χ4n) is 3.33. The fraction of sp³-hybridized carbons (Fsp3) is 0.200. The zero-order valence-corrected chi connectivity index (χ0v) is 14.6. The number of aromatic nitrogens is 2. The van der Waals surface area contributed by atoms with Crippen molar-refractivity contribution in [2.75, 3.05) is 12.3 Å². The Morgan fingerprint density at radius 1 is 1.15 bits per heavy atom. The van der Waals surface area contributed by atoms with Gasteiger partial charge in [-0.25, -0.2) is 4.98 Å². The lowest BCUT2D eigenvalue weighted by atomic mass is 10.0. The molecule has 0 atom stereocenters. The number of rotatable bonds is 3. The first kappa shape index (κ1) is 17.1. The third-order valence-electron chi connectivity index (χ3n) is 4.80. The molecule has 5 N–H and O–H groups in total. The number of aromatic hydroxyl groups is 2. The van der Waals surface area contributed by atoms with E-state index in [1.807, 2.05) is 12.1 Å². The summed E-state index contributed by atoms with van der Waals surface area (Å²) in [6.07, 6.45) is 0.596. The van der Waals surface area contributed by atoms with Gasteiger partial charge in [-0.2, -0.15) is 0 Å². The molecule has 7 heteroatoms. The molecule has 3 aromatic rings. The van der Waals surface area contributed by atoms with Crippen LogP contribution in [0.4, 0.5) is 5.69 Å². The maximum Gasteiger partial charge on any atom is 0.254 e. The summed E-state index contributed by atoms with van der Waals surface area (Å²) >= 11 is 0. The van der Waals surface area contributed by atoms with Gasteiger partial charge in [-0.05, 0) is 36.8 Å². The number of anilines is 1. The average Bonchev–Trinajstić information content (AvgIpc) is 2.64. The molecular formula is C20H20N4O3. The van der Waals surface area contributed by atoms with Crippen LogP contribution in [0.2, 0.25) is 0 Å². The molecule has 2 aromatic carbocycles. The number of benzene rings is 2. The molecule has 0 saturated heterocycles. The molecule has 27 heavy (non-hydrogen) atoms. The minimum Gasteiger partial charge on any atom is -0.508 e. The molecule has 1 aliphatic rings. The summed E-state index contributed by atoms with van der Waals surface area (Å²) < 4.78 is 0. The number of nitrogens with two attached hydrogens (primary N) is 1. The van der Waals surface area contributed by atoms with Gasteiger partial charge in [0.15, 0.2) is 0 Å². The van der Waals surface area contributed by atoms with Crippen LogP contribution < -0.4 is 11.3 Å². The Labute approximate surface area is 155 Å². The summed E-state index contributed by atoms with van der Waals surface area (Å²) in [6, 6.07) is 11.8. The molecule has 138 valence electrons. The first-order chi connectivity index (χ1) is 13.0. The molecule has 0 saturated carbocycles. The number of fused-ring (bicyclic) bond motifs is 1. The molecular weight excluding hydrogens is 344 g/mol. The highest BCUT2D eigenvalue weighted by molar-refractivity contribution is 5.58. The fourth-order valence-corrected chi connectivity index (χ4v) is 3.33. The van der Waals surface area contributed by atoms with Crippen molar-refractivity contribution in [2.45, 2.75) is 19.5 Å². The smallest absolute Gasteiger partial charge is 0.254 e. The van der Waals surface area contributed by atoms with Crippen LogP contribution >= 0.6 is 0 Å². The average molecular weight is 364 g/mol. The van der Waals surface area contributed by atoms with E-state index in [1.54, 1.807) is 24.3 Å². The molecule has 0 spiro atoms. The topological polar surface area (TPSA) is 115 Å². The molecule has 0 amide bonds. The first-order valence-electron chi connectivity index (χ1n) is 8.71. The Bertz CT molecular complexity index is 1040. The number of nitrogen functional groups attached to an aromatic ring is 1. The number of nitrogens with one attached hydrogen (secondary N) is 1. The van der Waals surface area contributed by atoms with Gasteiger partial charge in [0.1, 0.15) is 17.3 Å². The molecule has 0 aliphatic carbocycles. The summed E-state index contributed by atoms with van der Waals surface area (Å²) in [5, 5.41) is 19.4. The summed E-state index contributed by atoms with van der Waals surface area (Å²) in [5.74, 6) is 0.608. The van der Waals surface area contributed by atoms with Crippen LogP contribution in [0.3, 0.4) is 0 Å². The second-order valence-corrected chi connectivity index (χ2v) is 6.74. The summed E-state index contributed by atoms with van der Waals surface area (Å²) in [6.45, 7) is 1.72. The molecule has 0 bridgehead atoms. The number of H-pyrrole nitrogens is 1. The third kappa shape index (κ3) is 3.50. The predicted octanol–water partition coefficient (Wildman–Crippen LogP) is 1.99. The Kier molecular flexibility index (Phi) is 4.29. The van der Waals surface area contributed by atoms with Gasteiger partial charge in [-0.1, -0.05) is 6.07 Å². The van der Waals surface area contributed by atoms with Gasteiger partial charge in [0, 0.05) is 48.1 Å². The highest BCUT2D eigenvalue weighted by Crippen LogP contribution is 2.26. The quantitative estimate of drug-likeness (QED) is 0.528. The molecule has 4 rings (SSSR count). The molecule has 2 heterocycles. The lowest BCUT2D eigenvalue weighted by Crippen LogP contribution is -2.35. The second kappa shape index (κ2) is 6.77. The predicted molar refractivity (Wildman–Crippen MR) is 102 cm³/mol. The minimum absolute atomic E-state index is 0.0292. The Morgan fingerprint density at radius 3 is 2.67 bits per heavy atom. The summed E-state index contributed by atoms with van der Waals surface area (Å²) in [4.78, 5) is 22.1. The minimum atomic E-state index is -0.112. The zero-order chi connectivity index (χ0) is 19.0. The summed E-state index contributed by atoms with van der Waals surface area (Å²) in [7, 11) is 0. The highest BCUT2D eigenvalue weighted by atomic mass is 16.3. The molecule has 1 aromatic heterocycles. The zero-order valence-electron chi connectivity index (χ0n) is 14.6. The van der Waals surface area contributed by atoms with Gasteiger partial charge >= 0.3 is 0 Å². The van der Waals surface area contributed by atoms with Crippen molar-refractivity contribution in [1.29, 1.82) is 0 Å². The highest BCUT2D eigenvalue weighted by Gasteiger charge is 2.22. The van der Waals surface area contributed by atoms with Crippen LogP contribution in [-0.4, -0.2) is 31.6 Å². The molecule has 7 nitrogen and oxygen atoms in total. The van der Waals surface area contributed by atoms with Crippen molar-refractivity contribution in [3.05, 3.63) is 69.6 Å². The third-order valence-corrected chi connectivity index (χ3v) is 4.80. The van der Waals surface area contributed by atoms with E-state index >= 15 is 0 Å². The van der Waals surface area contributed by atoms with Crippen LogP contribution in [0.15, 0.2) is 47.3 Å². The number of phenols is 2. The molecule has 0 fully saturated rings. The number of nitrogens with zero attached hydrogens (tertiary/aromatic N) is 2.